The number of rotatable bonds is 6. The molecule has 7 heteroatoms. The number of hydrogen-bond donors (Lipinski definition) is 1. The number of piperazine rings is 1. The minimum absolute atomic E-state index is 0.0825. The minimum atomic E-state index is -0.261. The van der Waals surface area contributed by atoms with E-state index in [9.17, 15) is 9.59 Å². The maximum absolute atomic E-state index is 12.7. The normalized spacial score (nSPS) is 14.3. The number of carbonyl (C=O) groups is 1. The third-order valence-corrected chi connectivity index (χ3v) is 6.51. The quantitative estimate of drug-likeness (QED) is 0.469. The second kappa shape index (κ2) is 10.1. The van der Waals surface area contributed by atoms with Gasteiger partial charge in [0, 0.05) is 44.1 Å². The average molecular weight is 468 g/mol. The summed E-state index contributed by atoms with van der Waals surface area (Å²) in [5.74, 6) is -0.261. The molecule has 0 aliphatic carbocycles. The standard InChI is InChI=1S/C28H29N5O2/c1-21-6-5-9-25-27(21)29-20-33(28(25)35)19-26(34)30-23-10-12-24(13-11-23)32-16-14-31(15-17-32)18-22-7-3-2-4-8-22/h2-13,20H,14-19H2,1H3,(H,30,34). The van der Waals surface area contributed by atoms with Crippen LogP contribution in [0.15, 0.2) is 83.9 Å². The Morgan fingerprint density at radius 2 is 1.66 bits per heavy atom. The fourth-order valence-electron chi connectivity index (χ4n) is 4.57. The molecule has 0 bridgehead atoms. The zero-order chi connectivity index (χ0) is 24.2. The van der Waals surface area contributed by atoms with Crippen LogP contribution in [0.5, 0.6) is 0 Å². The first-order valence-electron chi connectivity index (χ1n) is 11.9. The van der Waals surface area contributed by atoms with Crippen molar-refractivity contribution >= 4 is 28.2 Å². The van der Waals surface area contributed by atoms with Gasteiger partial charge < -0.3 is 10.2 Å². The predicted molar refractivity (Wildman–Crippen MR) is 140 cm³/mol. The molecule has 1 N–H and O–H groups in total. The number of fused-ring (bicyclic) bond motifs is 1. The molecule has 0 saturated carbocycles. The van der Waals surface area contributed by atoms with Crippen LogP contribution in [0.2, 0.25) is 0 Å². The van der Waals surface area contributed by atoms with Crippen LogP contribution in [0.3, 0.4) is 0 Å². The fraction of sp³-hybridized carbons (Fsp3) is 0.250. The van der Waals surface area contributed by atoms with E-state index in [1.165, 1.54) is 16.5 Å². The van der Waals surface area contributed by atoms with Gasteiger partial charge in [-0.3, -0.25) is 19.1 Å². The Hall–Kier alpha value is -3.97. The molecule has 1 saturated heterocycles. The highest BCUT2D eigenvalue weighted by atomic mass is 16.2. The lowest BCUT2D eigenvalue weighted by Gasteiger charge is -2.36. The van der Waals surface area contributed by atoms with Crippen molar-refractivity contribution in [2.75, 3.05) is 36.4 Å². The van der Waals surface area contributed by atoms with Crippen molar-refractivity contribution < 1.29 is 4.79 Å². The van der Waals surface area contributed by atoms with Crippen LogP contribution < -0.4 is 15.8 Å². The number of aryl methyl sites for hydroxylation is 1. The third-order valence-electron chi connectivity index (χ3n) is 6.51. The molecule has 2 heterocycles. The summed E-state index contributed by atoms with van der Waals surface area (Å²) in [5.41, 5.74) is 4.60. The van der Waals surface area contributed by atoms with E-state index in [4.69, 9.17) is 0 Å². The molecule has 1 aromatic heterocycles. The van der Waals surface area contributed by atoms with Crippen molar-refractivity contribution in [1.29, 1.82) is 0 Å². The number of para-hydroxylation sites is 1. The first-order chi connectivity index (χ1) is 17.1. The molecular formula is C28H29N5O2. The van der Waals surface area contributed by atoms with Crippen LogP contribution in [-0.4, -0.2) is 46.5 Å². The summed E-state index contributed by atoms with van der Waals surface area (Å²) in [6.45, 7) is 6.78. The minimum Gasteiger partial charge on any atom is -0.369 e. The van der Waals surface area contributed by atoms with E-state index in [0.717, 1.165) is 44.0 Å². The molecule has 7 nitrogen and oxygen atoms in total. The van der Waals surface area contributed by atoms with Gasteiger partial charge in [0.2, 0.25) is 5.91 Å². The summed E-state index contributed by atoms with van der Waals surface area (Å²) >= 11 is 0. The first kappa shape index (κ1) is 22.8. The Kier molecular flexibility index (Phi) is 6.59. The van der Waals surface area contributed by atoms with Gasteiger partial charge in [-0.05, 0) is 48.4 Å². The van der Waals surface area contributed by atoms with E-state index in [0.29, 0.717) is 16.6 Å². The summed E-state index contributed by atoms with van der Waals surface area (Å²) in [6, 6.07) is 24.0. The Bertz CT molecular complexity index is 1370. The Balaban J connectivity index is 1.16. The number of nitrogens with zero attached hydrogens (tertiary/aromatic N) is 4. The fourth-order valence-corrected chi connectivity index (χ4v) is 4.57. The summed E-state index contributed by atoms with van der Waals surface area (Å²) < 4.78 is 1.35. The van der Waals surface area contributed by atoms with Crippen LogP contribution >= 0.6 is 0 Å². The van der Waals surface area contributed by atoms with E-state index >= 15 is 0 Å². The van der Waals surface area contributed by atoms with E-state index in [2.05, 4.69) is 50.4 Å². The number of carbonyl (C=O) groups excluding carboxylic acids is 1. The van der Waals surface area contributed by atoms with Crippen molar-refractivity contribution in [2.45, 2.75) is 20.0 Å². The topological polar surface area (TPSA) is 70.5 Å². The lowest BCUT2D eigenvalue weighted by Crippen LogP contribution is -2.45. The predicted octanol–water partition coefficient (Wildman–Crippen LogP) is 3.67. The van der Waals surface area contributed by atoms with E-state index in [1.807, 2.05) is 43.3 Å². The van der Waals surface area contributed by atoms with Crippen molar-refractivity contribution in [3.05, 3.63) is 101 Å². The second-order valence-electron chi connectivity index (χ2n) is 8.99. The van der Waals surface area contributed by atoms with Gasteiger partial charge in [0.25, 0.3) is 5.56 Å². The van der Waals surface area contributed by atoms with Gasteiger partial charge in [-0.15, -0.1) is 0 Å². The van der Waals surface area contributed by atoms with Gasteiger partial charge in [-0.2, -0.15) is 0 Å². The molecule has 0 radical (unpaired) electrons. The highest BCUT2D eigenvalue weighted by molar-refractivity contribution is 5.91. The van der Waals surface area contributed by atoms with Gasteiger partial charge in [-0.1, -0.05) is 42.5 Å². The number of hydrogen-bond acceptors (Lipinski definition) is 5. The van der Waals surface area contributed by atoms with Crippen molar-refractivity contribution in [1.82, 2.24) is 14.5 Å². The molecule has 1 aliphatic heterocycles. The maximum atomic E-state index is 12.7. The van der Waals surface area contributed by atoms with Crippen molar-refractivity contribution in [3.63, 3.8) is 0 Å². The number of nitrogens with one attached hydrogen (secondary N) is 1. The molecule has 1 fully saturated rings. The number of anilines is 2. The van der Waals surface area contributed by atoms with Crippen molar-refractivity contribution in [3.8, 4) is 0 Å². The van der Waals surface area contributed by atoms with Crippen LogP contribution in [-0.2, 0) is 17.9 Å². The number of aromatic nitrogens is 2. The van der Waals surface area contributed by atoms with Gasteiger partial charge in [0.15, 0.2) is 0 Å². The van der Waals surface area contributed by atoms with E-state index in [-0.39, 0.29) is 18.0 Å². The zero-order valence-corrected chi connectivity index (χ0v) is 19.9. The summed E-state index contributed by atoms with van der Waals surface area (Å²) in [4.78, 5) is 34.6. The lowest BCUT2D eigenvalue weighted by atomic mass is 10.1. The van der Waals surface area contributed by atoms with Crippen molar-refractivity contribution in [2.24, 2.45) is 0 Å². The van der Waals surface area contributed by atoms with Gasteiger partial charge in [-0.25, -0.2) is 4.98 Å². The summed E-state index contributed by atoms with van der Waals surface area (Å²) in [7, 11) is 0. The molecule has 0 unspecified atom stereocenters. The molecule has 0 atom stereocenters. The molecule has 0 spiro atoms. The van der Waals surface area contributed by atoms with Crippen LogP contribution in [0.1, 0.15) is 11.1 Å². The largest absolute Gasteiger partial charge is 0.369 e. The monoisotopic (exact) mass is 467 g/mol. The second-order valence-corrected chi connectivity index (χ2v) is 8.99. The van der Waals surface area contributed by atoms with Gasteiger partial charge >= 0.3 is 0 Å². The number of amides is 1. The smallest absolute Gasteiger partial charge is 0.261 e. The van der Waals surface area contributed by atoms with Gasteiger partial charge in [0.1, 0.15) is 6.54 Å². The molecule has 1 amide bonds. The van der Waals surface area contributed by atoms with Crippen LogP contribution in [0, 0.1) is 6.92 Å². The third kappa shape index (κ3) is 5.25. The van der Waals surface area contributed by atoms with Crippen LogP contribution in [0.25, 0.3) is 10.9 Å². The molecule has 3 aromatic carbocycles. The molecule has 35 heavy (non-hydrogen) atoms. The van der Waals surface area contributed by atoms with E-state index < -0.39 is 0 Å². The zero-order valence-electron chi connectivity index (χ0n) is 19.9. The lowest BCUT2D eigenvalue weighted by molar-refractivity contribution is -0.116. The van der Waals surface area contributed by atoms with Crippen LogP contribution in [0.4, 0.5) is 11.4 Å². The molecule has 5 rings (SSSR count). The number of benzene rings is 3. The first-order valence-corrected chi connectivity index (χ1v) is 11.9. The Morgan fingerprint density at radius 3 is 2.40 bits per heavy atom. The highest BCUT2D eigenvalue weighted by Gasteiger charge is 2.17. The molecule has 178 valence electrons. The summed E-state index contributed by atoms with van der Waals surface area (Å²) in [6.07, 6.45) is 1.44. The summed E-state index contributed by atoms with van der Waals surface area (Å²) in [5, 5.41) is 3.41. The SMILES string of the molecule is Cc1cccc2c(=O)n(CC(=O)Nc3ccc(N4CCN(Cc5ccccc5)CC4)cc3)cnc12. The Morgan fingerprint density at radius 1 is 0.914 bits per heavy atom. The molecular weight excluding hydrogens is 438 g/mol. The average Bonchev–Trinajstić information content (AvgIpc) is 2.88. The highest BCUT2D eigenvalue weighted by Crippen LogP contribution is 2.20. The molecule has 4 aromatic rings. The Labute approximate surface area is 204 Å². The van der Waals surface area contributed by atoms with E-state index in [1.54, 1.807) is 6.07 Å². The molecule has 1 aliphatic rings. The van der Waals surface area contributed by atoms with Gasteiger partial charge in [0.05, 0.1) is 17.2 Å². The maximum Gasteiger partial charge on any atom is 0.261 e.